The third kappa shape index (κ3) is 2.81. The molecule has 112 valence electrons. The number of benzene rings is 1. The van der Waals surface area contributed by atoms with E-state index in [-0.39, 0.29) is 6.10 Å². The highest BCUT2D eigenvalue weighted by Gasteiger charge is 2.24. The van der Waals surface area contributed by atoms with Crippen LogP contribution in [0.5, 0.6) is 0 Å². The van der Waals surface area contributed by atoms with Crippen molar-refractivity contribution in [3.8, 4) is 0 Å². The standard InChI is InChI=1S/C17H23N3O/c1-11-9-17(15-10-14(18)3-4-16(15)19-11)20-7-5-13(6-8-20)12(2)21/h3-4,9-10,12-13,21H,5-8,18H2,1-2H3. The smallest absolute Gasteiger partial charge is 0.0727 e. The minimum atomic E-state index is -0.210. The van der Waals surface area contributed by atoms with E-state index in [9.17, 15) is 5.11 Å². The molecule has 0 aliphatic carbocycles. The van der Waals surface area contributed by atoms with Gasteiger partial charge in [-0.15, -0.1) is 0 Å². The summed E-state index contributed by atoms with van der Waals surface area (Å²) in [7, 11) is 0. The van der Waals surface area contributed by atoms with Crippen LogP contribution in [0.25, 0.3) is 10.9 Å². The molecule has 0 saturated carbocycles. The predicted octanol–water partition coefficient (Wildman–Crippen LogP) is 2.72. The van der Waals surface area contributed by atoms with Gasteiger partial charge in [-0.3, -0.25) is 4.98 Å². The average molecular weight is 285 g/mol. The number of aliphatic hydroxyl groups is 1. The number of piperidine rings is 1. The second-order valence-electron chi connectivity index (χ2n) is 6.12. The number of aromatic nitrogens is 1. The van der Waals surface area contributed by atoms with E-state index in [0.29, 0.717) is 5.92 Å². The topological polar surface area (TPSA) is 62.4 Å². The lowest BCUT2D eigenvalue weighted by Crippen LogP contribution is -2.37. The summed E-state index contributed by atoms with van der Waals surface area (Å²) in [5.74, 6) is 0.417. The second kappa shape index (κ2) is 5.53. The van der Waals surface area contributed by atoms with Crippen LogP contribution in [0, 0.1) is 12.8 Å². The van der Waals surface area contributed by atoms with Gasteiger partial charge in [-0.2, -0.15) is 0 Å². The number of rotatable bonds is 2. The molecule has 21 heavy (non-hydrogen) atoms. The van der Waals surface area contributed by atoms with Crippen molar-refractivity contribution < 1.29 is 5.11 Å². The molecule has 1 unspecified atom stereocenters. The van der Waals surface area contributed by atoms with Gasteiger partial charge in [0.2, 0.25) is 0 Å². The van der Waals surface area contributed by atoms with Crippen LogP contribution in [-0.2, 0) is 0 Å². The van der Waals surface area contributed by atoms with Crippen LogP contribution in [0.4, 0.5) is 11.4 Å². The Bertz CT molecular complexity index is 646. The summed E-state index contributed by atoms with van der Waals surface area (Å²) in [6.45, 7) is 5.88. The van der Waals surface area contributed by atoms with Gasteiger partial charge < -0.3 is 15.7 Å². The predicted molar refractivity (Wildman–Crippen MR) is 87.5 cm³/mol. The maximum absolute atomic E-state index is 9.74. The van der Waals surface area contributed by atoms with Crippen molar-refractivity contribution >= 4 is 22.3 Å². The number of nitrogens with two attached hydrogens (primary N) is 1. The molecule has 1 aliphatic heterocycles. The third-order valence-corrected chi connectivity index (χ3v) is 4.50. The van der Waals surface area contributed by atoms with E-state index in [4.69, 9.17) is 5.73 Å². The Balaban J connectivity index is 1.95. The summed E-state index contributed by atoms with van der Waals surface area (Å²) in [5, 5.41) is 10.9. The molecule has 4 heteroatoms. The number of hydrogen-bond donors (Lipinski definition) is 2. The Morgan fingerprint density at radius 1 is 1.29 bits per heavy atom. The molecule has 1 aromatic carbocycles. The summed E-state index contributed by atoms with van der Waals surface area (Å²) in [5.41, 5.74) is 9.96. The first-order valence-corrected chi connectivity index (χ1v) is 7.64. The minimum Gasteiger partial charge on any atom is -0.399 e. The maximum Gasteiger partial charge on any atom is 0.0727 e. The molecule has 1 saturated heterocycles. The fourth-order valence-electron chi connectivity index (χ4n) is 3.24. The number of fused-ring (bicyclic) bond motifs is 1. The van der Waals surface area contributed by atoms with Crippen LogP contribution >= 0.6 is 0 Å². The monoisotopic (exact) mass is 285 g/mol. The van der Waals surface area contributed by atoms with E-state index in [1.165, 1.54) is 5.69 Å². The summed E-state index contributed by atoms with van der Waals surface area (Å²) in [6, 6.07) is 8.05. The summed E-state index contributed by atoms with van der Waals surface area (Å²) in [6.07, 6.45) is 1.85. The van der Waals surface area contributed by atoms with Gasteiger partial charge in [-0.1, -0.05) is 0 Å². The maximum atomic E-state index is 9.74. The Morgan fingerprint density at radius 3 is 2.67 bits per heavy atom. The van der Waals surface area contributed by atoms with Crippen molar-refractivity contribution in [3.63, 3.8) is 0 Å². The molecular weight excluding hydrogens is 262 g/mol. The number of nitrogens with zero attached hydrogens (tertiary/aromatic N) is 2. The molecule has 0 radical (unpaired) electrons. The number of hydrogen-bond acceptors (Lipinski definition) is 4. The summed E-state index contributed by atoms with van der Waals surface area (Å²) < 4.78 is 0. The third-order valence-electron chi connectivity index (χ3n) is 4.50. The van der Waals surface area contributed by atoms with Gasteiger partial charge in [0.05, 0.1) is 11.6 Å². The van der Waals surface area contributed by atoms with Crippen LogP contribution in [-0.4, -0.2) is 29.3 Å². The number of aryl methyl sites for hydroxylation is 1. The molecule has 0 amide bonds. The largest absolute Gasteiger partial charge is 0.399 e. The normalized spacial score (nSPS) is 18.1. The molecule has 1 fully saturated rings. The van der Waals surface area contributed by atoms with E-state index in [1.807, 2.05) is 32.0 Å². The molecule has 0 spiro atoms. The van der Waals surface area contributed by atoms with Gasteiger partial charge in [0.15, 0.2) is 0 Å². The zero-order valence-electron chi connectivity index (χ0n) is 12.7. The second-order valence-corrected chi connectivity index (χ2v) is 6.12. The Labute approximate surface area is 125 Å². The lowest BCUT2D eigenvalue weighted by atomic mass is 9.91. The van der Waals surface area contributed by atoms with Gasteiger partial charge in [0, 0.05) is 35.5 Å². The first-order chi connectivity index (χ1) is 10.0. The van der Waals surface area contributed by atoms with Gasteiger partial charge in [-0.05, 0) is 56.9 Å². The Kier molecular flexibility index (Phi) is 3.72. The van der Waals surface area contributed by atoms with Crippen LogP contribution in [0.2, 0.25) is 0 Å². The molecule has 4 nitrogen and oxygen atoms in total. The van der Waals surface area contributed by atoms with Crippen molar-refractivity contribution in [1.82, 2.24) is 4.98 Å². The molecule has 1 aliphatic rings. The fraction of sp³-hybridized carbons (Fsp3) is 0.471. The molecular formula is C17H23N3O. The zero-order chi connectivity index (χ0) is 15.0. The van der Waals surface area contributed by atoms with Crippen molar-refractivity contribution in [2.75, 3.05) is 23.7 Å². The summed E-state index contributed by atoms with van der Waals surface area (Å²) in [4.78, 5) is 6.99. The van der Waals surface area contributed by atoms with Gasteiger partial charge in [-0.25, -0.2) is 0 Å². The van der Waals surface area contributed by atoms with E-state index in [0.717, 1.165) is 48.2 Å². The van der Waals surface area contributed by atoms with Crippen LogP contribution in [0.3, 0.4) is 0 Å². The molecule has 1 aromatic heterocycles. The quantitative estimate of drug-likeness (QED) is 0.833. The zero-order valence-corrected chi connectivity index (χ0v) is 12.7. The number of nitrogen functional groups attached to an aromatic ring is 1. The van der Waals surface area contributed by atoms with Crippen molar-refractivity contribution in [3.05, 3.63) is 30.0 Å². The minimum absolute atomic E-state index is 0.210. The highest BCUT2D eigenvalue weighted by atomic mass is 16.3. The van der Waals surface area contributed by atoms with Crippen LogP contribution < -0.4 is 10.6 Å². The van der Waals surface area contributed by atoms with Gasteiger partial charge >= 0.3 is 0 Å². The van der Waals surface area contributed by atoms with Crippen molar-refractivity contribution in [1.29, 1.82) is 0 Å². The molecule has 3 rings (SSSR count). The first kappa shape index (κ1) is 14.1. The lowest BCUT2D eigenvalue weighted by molar-refractivity contribution is 0.110. The van der Waals surface area contributed by atoms with Crippen LogP contribution in [0.15, 0.2) is 24.3 Å². The fourth-order valence-corrected chi connectivity index (χ4v) is 3.24. The molecule has 3 N–H and O–H groups in total. The Morgan fingerprint density at radius 2 is 2.00 bits per heavy atom. The highest BCUT2D eigenvalue weighted by molar-refractivity contribution is 5.94. The van der Waals surface area contributed by atoms with E-state index >= 15 is 0 Å². The average Bonchev–Trinajstić information content (AvgIpc) is 2.47. The lowest BCUT2D eigenvalue weighted by Gasteiger charge is -2.35. The van der Waals surface area contributed by atoms with Crippen LogP contribution in [0.1, 0.15) is 25.5 Å². The molecule has 2 heterocycles. The van der Waals surface area contributed by atoms with E-state index in [1.54, 1.807) is 0 Å². The SMILES string of the molecule is Cc1cc(N2CCC(C(C)O)CC2)c2cc(N)ccc2n1. The van der Waals surface area contributed by atoms with Gasteiger partial charge in [0.25, 0.3) is 0 Å². The molecule has 2 aromatic rings. The van der Waals surface area contributed by atoms with Gasteiger partial charge in [0.1, 0.15) is 0 Å². The highest BCUT2D eigenvalue weighted by Crippen LogP contribution is 2.32. The summed E-state index contributed by atoms with van der Waals surface area (Å²) >= 11 is 0. The van der Waals surface area contributed by atoms with Crippen molar-refractivity contribution in [2.24, 2.45) is 5.92 Å². The first-order valence-electron chi connectivity index (χ1n) is 7.64. The molecule has 0 bridgehead atoms. The van der Waals surface area contributed by atoms with E-state index in [2.05, 4.69) is 16.0 Å². The number of aliphatic hydroxyl groups excluding tert-OH is 1. The van der Waals surface area contributed by atoms with E-state index < -0.39 is 0 Å². The number of pyridine rings is 1. The molecule has 1 atom stereocenters. The Hall–Kier alpha value is -1.81. The van der Waals surface area contributed by atoms with Crippen molar-refractivity contribution in [2.45, 2.75) is 32.8 Å². The number of anilines is 2.